The average molecular weight is 299 g/mol. The van der Waals surface area contributed by atoms with Gasteiger partial charge in [0.1, 0.15) is 11.6 Å². The van der Waals surface area contributed by atoms with Crippen molar-refractivity contribution in [1.29, 1.82) is 0 Å². The molecule has 100 valence electrons. The number of methoxy groups -OCH3 is 1. The summed E-state index contributed by atoms with van der Waals surface area (Å²) in [7, 11) is 1.61. The molecule has 0 saturated heterocycles. The van der Waals surface area contributed by atoms with E-state index < -0.39 is 5.38 Å². The molecule has 0 aliphatic heterocycles. The van der Waals surface area contributed by atoms with Crippen LogP contribution in [0.5, 0.6) is 5.75 Å². The fourth-order valence-corrected chi connectivity index (χ4v) is 2.36. The second-order valence-corrected chi connectivity index (χ2v) is 5.15. The highest BCUT2D eigenvalue weighted by Crippen LogP contribution is 2.29. The predicted molar refractivity (Wildman–Crippen MR) is 76.7 cm³/mol. The highest BCUT2D eigenvalue weighted by atomic mass is 35.5. The second-order valence-electron chi connectivity index (χ2n) is 4.19. The third kappa shape index (κ3) is 3.62. The summed E-state index contributed by atoms with van der Waals surface area (Å²) in [5.41, 5.74) is 1.44. The van der Waals surface area contributed by atoms with Crippen molar-refractivity contribution < 1.29 is 9.13 Å². The Hall–Kier alpha value is -1.25. The van der Waals surface area contributed by atoms with E-state index >= 15 is 0 Å². The van der Waals surface area contributed by atoms with Gasteiger partial charge >= 0.3 is 0 Å². The molecule has 0 aromatic heterocycles. The highest BCUT2D eigenvalue weighted by molar-refractivity contribution is 6.30. The van der Waals surface area contributed by atoms with E-state index in [9.17, 15) is 4.39 Å². The van der Waals surface area contributed by atoms with Crippen molar-refractivity contribution >= 4 is 23.2 Å². The maximum absolute atomic E-state index is 13.7. The van der Waals surface area contributed by atoms with Crippen LogP contribution in [0.1, 0.15) is 16.5 Å². The minimum absolute atomic E-state index is 0.335. The van der Waals surface area contributed by atoms with Crippen LogP contribution in [0.15, 0.2) is 42.5 Å². The van der Waals surface area contributed by atoms with Crippen LogP contribution in [0.25, 0.3) is 0 Å². The SMILES string of the molecule is COc1ccc(CC(Cl)c2cc(Cl)ccc2F)cc1. The Morgan fingerprint density at radius 1 is 1.16 bits per heavy atom. The maximum Gasteiger partial charge on any atom is 0.128 e. The van der Waals surface area contributed by atoms with Gasteiger partial charge in [-0.2, -0.15) is 0 Å². The molecule has 2 aromatic rings. The molecule has 0 spiro atoms. The van der Waals surface area contributed by atoms with E-state index in [1.165, 1.54) is 12.1 Å². The van der Waals surface area contributed by atoms with Crippen LogP contribution in [-0.2, 0) is 6.42 Å². The summed E-state index contributed by atoms with van der Waals surface area (Å²) in [5, 5.41) is 0.0314. The molecule has 0 saturated carbocycles. The van der Waals surface area contributed by atoms with Crippen molar-refractivity contribution in [2.75, 3.05) is 7.11 Å². The van der Waals surface area contributed by atoms with Crippen LogP contribution in [-0.4, -0.2) is 7.11 Å². The summed E-state index contributed by atoms with van der Waals surface area (Å²) in [6, 6.07) is 11.9. The van der Waals surface area contributed by atoms with E-state index in [-0.39, 0.29) is 5.82 Å². The molecule has 2 rings (SSSR count). The molecule has 0 heterocycles. The van der Waals surface area contributed by atoms with Crippen LogP contribution in [0, 0.1) is 5.82 Å². The van der Waals surface area contributed by atoms with Crippen molar-refractivity contribution in [3.8, 4) is 5.75 Å². The number of hydrogen-bond donors (Lipinski definition) is 0. The number of alkyl halides is 1. The molecule has 2 aromatic carbocycles. The number of benzene rings is 2. The van der Waals surface area contributed by atoms with Crippen LogP contribution in [0.4, 0.5) is 4.39 Å². The van der Waals surface area contributed by atoms with Crippen molar-refractivity contribution in [2.45, 2.75) is 11.8 Å². The molecule has 0 bridgehead atoms. The van der Waals surface area contributed by atoms with Crippen LogP contribution in [0.3, 0.4) is 0 Å². The number of rotatable bonds is 4. The first-order valence-corrected chi connectivity index (χ1v) is 6.63. The van der Waals surface area contributed by atoms with Crippen molar-refractivity contribution in [1.82, 2.24) is 0 Å². The van der Waals surface area contributed by atoms with Gasteiger partial charge < -0.3 is 4.74 Å². The average Bonchev–Trinajstić information content (AvgIpc) is 2.42. The number of hydrogen-bond acceptors (Lipinski definition) is 1. The maximum atomic E-state index is 13.7. The normalized spacial score (nSPS) is 12.2. The molecule has 0 aliphatic carbocycles. The second kappa shape index (κ2) is 6.27. The fourth-order valence-electron chi connectivity index (χ4n) is 1.83. The van der Waals surface area contributed by atoms with Gasteiger partial charge in [0.2, 0.25) is 0 Å². The van der Waals surface area contributed by atoms with Crippen molar-refractivity contribution in [3.05, 3.63) is 64.4 Å². The molecule has 1 unspecified atom stereocenters. The van der Waals surface area contributed by atoms with Gasteiger partial charge in [-0.25, -0.2) is 4.39 Å². The van der Waals surface area contributed by atoms with Crippen LogP contribution >= 0.6 is 23.2 Å². The van der Waals surface area contributed by atoms with E-state index in [0.717, 1.165) is 11.3 Å². The lowest BCUT2D eigenvalue weighted by molar-refractivity contribution is 0.414. The first kappa shape index (κ1) is 14.2. The van der Waals surface area contributed by atoms with Gasteiger partial charge in [0.05, 0.1) is 12.5 Å². The summed E-state index contributed by atoms with van der Waals surface area (Å²) < 4.78 is 18.8. The Balaban J connectivity index is 2.15. The molecule has 0 aliphatic rings. The van der Waals surface area contributed by atoms with E-state index in [0.29, 0.717) is 17.0 Å². The molecule has 0 N–H and O–H groups in total. The fraction of sp³-hybridized carbons (Fsp3) is 0.200. The van der Waals surface area contributed by atoms with Crippen LogP contribution < -0.4 is 4.74 Å². The molecular formula is C15H13Cl2FO. The van der Waals surface area contributed by atoms with Gasteiger partial charge in [0, 0.05) is 10.6 Å². The first-order chi connectivity index (χ1) is 9.10. The van der Waals surface area contributed by atoms with E-state index in [4.69, 9.17) is 27.9 Å². The molecule has 0 radical (unpaired) electrons. The van der Waals surface area contributed by atoms with Gasteiger partial charge in [-0.3, -0.25) is 0 Å². The zero-order valence-electron chi connectivity index (χ0n) is 10.4. The quantitative estimate of drug-likeness (QED) is 0.721. The predicted octanol–water partition coefficient (Wildman–Crippen LogP) is 5.01. The summed E-state index contributed by atoms with van der Waals surface area (Å²) in [4.78, 5) is 0. The van der Waals surface area contributed by atoms with Gasteiger partial charge in [-0.15, -0.1) is 11.6 Å². The largest absolute Gasteiger partial charge is 0.497 e. The summed E-state index contributed by atoms with van der Waals surface area (Å²) in [6.07, 6.45) is 0.531. The molecule has 0 fully saturated rings. The third-order valence-electron chi connectivity index (χ3n) is 2.87. The topological polar surface area (TPSA) is 9.23 Å². The van der Waals surface area contributed by atoms with E-state index in [2.05, 4.69) is 0 Å². The van der Waals surface area contributed by atoms with Gasteiger partial charge in [0.25, 0.3) is 0 Å². The number of ether oxygens (including phenoxy) is 1. The first-order valence-electron chi connectivity index (χ1n) is 5.82. The van der Waals surface area contributed by atoms with Gasteiger partial charge in [-0.1, -0.05) is 23.7 Å². The molecule has 19 heavy (non-hydrogen) atoms. The highest BCUT2D eigenvalue weighted by Gasteiger charge is 2.14. The molecule has 4 heteroatoms. The lowest BCUT2D eigenvalue weighted by atomic mass is 10.0. The van der Waals surface area contributed by atoms with Crippen molar-refractivity contribution in [2.24, 2.45) is 0 Å². The third-order valence-corrected chi connectivity index (χ3v) is 3.49. The van der Waals surface area contributed by atoms with E-state index in [1.54, 1.807) is 13.2 Å². The standard InChI is InChI=1S/C15H13Cl2FO/c1-19-12-5-2-10(3-6-12)8-14(17)13-9-11(16)4-7-15(13)18/h2-7,9,14H,8H2,1H3. The molecule has 1 nitrogen and oxygen atoms in total. The summed E-state index contributed by atoms with van der Waals surface area (Å²) in [5.74, 6) is 0.446. The lowest BCUT2D eigenvalue weighted by Gasteiger charge is -2.12. The minimum Gasteiger partial charge on any atom is -0.497 e. The monoisotopic (exact) mass is 298 g/mol. The van der Waals surface area contributed by atoms with E-state index in [1.807, 2.05) is 24.3 Å². The lowest BCUT2D eigenvalue weighted by Crippen LogP contribution is -1.99. The van der Waals surface area contributed by atoms with Crippen LogP contribution in [0.2, 0.25) is 5.02 Å². The Morgan fingerprint density at radius 3 is 2.47 bits per heavy atom. The number of halogens is 3. The Morgan fingerprint density at radius 2 is 1.84 bits per heavy atom. The summed E-state index contributed by atoms with van der Waals surface area (Å²) >= 11 is 12.1. The van der Waals surface area contributed by atoms with Gasteiger partial charge in [0.15, 0.2) is 0 Å². The van der Waals surface area contributed by atoms with Gasteiger partial charge in [-0.05, 0) is 42.3 Å². The molecule has 1 atom stereocenters. The summed E-state index contributed by atoms with van der Waals surface area (Å²) in [6.45, 7) is 0. The van der Waals surface area contributed by atoms with Crippen molar-refractivity contribution in [3.63, 3.8) is 0 Å². The molecular weight excluding hydrogens is 286 g/mol. The smallest absolute Gasteiger partial charge is 0.128 e. The molecule has 0 amide bonds. The Labute approximate surface area is 121 Å². The zero-order chi connectivity index (χ0) is 13.8. The Kier molecular flexibility index (Phi) is 4.67. The minimum atomic E-state index is -0.452. The Bertz CT molecular complexity index is 555. The zero-order valence-corrected chi connectivity index (χ0v) is 11.9.